The number of fused-ring (bicyclic) bond motifs is 3. The average Bonchev–Trinajstić information content (AvgIpc) is 3.07. The topological polar surface area (TPSA) is 69.0 Å². The van der Waals surface area contributed by atoms with Crippen molar-refractivity contribution >= 4 is 16.8 Å². The molecule has 2 aliphatic rings. The second-order valence-corrected chi connectivity index (χ2v) is 7.96. The molecule has 0 saturated carbocycles. The van der Waals surface area contributed by atoms with Gasteiger partial charge in [-0.3, -0.25) is 4.79 Å². The molecule has 4 rings (SSSR count). The number of rotatable bonds is 3. The zero-order valence-corrected chi connectivity index (χ0v) is 15.1. The van der Waals surface area contributed by atoms with Gasteiger partial charge in [-0.05, 0) is 39.3 Å². The lowest BCUT2D eigenvalue weighted by Crippen LogP contribution is -2.39. The summed E-state index contributed by atoms with van der Waals surface area (Å²) in [7, 11) is 0. The summed E-state index contributed by atoms with van der Waals surface area (Å²) in [4.78, 5) is 25.4. The molecular formula is C20H22O5. The fourth-order valence-electron chi connectivity index (χ4n) is 3.92. The standard InChI is InChI=1S/C20H22O5/c1-10-7-6-8-13-14(10)16-15(18(22)24-13)20(5,11(2)23-16)9-12(21)17-19(3,4)25-17/h6-8,11,17H,9H2,1-5H3/t11-,17?,20-/m0/s1. The number of ketones is 1. The highest BCUT2D eigenvalue weighted by molar-refractivity contribution is 5.91. The first-order chi connectivity index (χ1) is 11.6. The Kier molecular flexibility index (Phi) is 3.23. The lowest BCUT2D eigenvalue weighted by Gasteiger charge is -2.26. The van der Waals surface area contributed by atoms with E-state index in [9.17, 15) is 9.59 Å². The summed E-state index contributed by atoms with van der Waals surface area (Å²) in [5, 5.41) is 0.808. The van der Waals surface area contributed by atoms with Crippen LogP contribution in [0.4, 0.5) is 0 Å². The van der Waals surface area contributed by atoms with Crippen molar-refractivity contribution in [2.24, 2.45) is 0 Å². The highest BCUT2D eigenvalue weighted by atomic mass is 16.6. The average molecular weight is 342 g/mol. The molecule has 1 aromatic heterocycles. The molecule has 1 saturated heterocycles. The van der Waals surface area contributed by atoms with Gasteiger partial charge >= 0.3 is 5.63 Å². The van der Waals surface area contributed by atoms with Crippen LogP contribution >= 0.6 is 0 Å². The Hall–Kier alpha value is -2.14. The zero-order chi connectivity index (χ0) is 18.1. The third-order valence-corrected chi connectivity index (χ3v) is 5.69. The molecule has 1 unspecified atom stereocenters. The van der Waals surface area contributed by atoms with Gasteiger partial charge in [0.1, 0.15) is 23.5 Å². The van der Waals surface area contributed by atoms with Crippen LogP contribution in [0.25, 0.3) is 11.0 Å². The first kappa shape index (κ1) is 16.3. The van der Waals surface area contributed by atoms with Gasteiger partial charge in [0.05, 0.1) is 16.6 Å². The van der Waals surface area contributed by atoms with E-state index < -0.39 is 22.7 Å². The number of aryl methyl sites for hydroxylation is 1. The number of carbonyl (C=O) groups excluding carboxylic acids is 1. The van der Waals surface area contributed by atoms with Gasteiger partial charge in [0.25, 0.3) is 0 Å². The Morgan fingerprint density at radius 2 is 1.92 bits per heavy atom. The smallest absolute Gasteiger partial charge is 0.343 e. The van der Waals surface area contributed by atoms with Crippen LogP contribution in [0.3, 0.4) is 0 Å². The van der Waals surface area contributed by atoms with Gasteiger partial charge in [-0.1, -0.05) is 19.1 Å². The number of epoxide rings is 1. The van der Waals surface area contributed by atoms with Gasteiger partial charge in [-0.15, -0.1) is 0 Å². The van der Waals surface area contributed by atoms with Crippen molar-refractivity contribution in [2.75, 3.05) is 0 Å². The van der Waals surface area contributed by atoms with Crippen LogP contribution in [0.2, 0.25) is 0 Å². The molecule has 0 bridgehead atoms. The van der Waals surface area contributed by atoms with Crippen molar-refractivity contribution in [1.82, 2.24) is 0 Å². The van der Waals surface area contributed by atoms with Crippen LogP contribution in [0.1, 0.15) is 45.2 Å². The maximum absolute atomic E-state index is 12.7. The maximum Gasteiger partial charge on any atom is 0.343 e. The second kappa shape index (κ2) is 4.94. The SMILES string of the molecule is Cc1cccc2oc(=O)c3c(c12)O[C@@H](C)[C@]3(C)CC(=O)C1OC1(C)C. The summed E-state index contributed by atoms with van der Waals surface area (Å²) in [6.45, 7) is 9.54. The molecule has 0 aliphatic carbocycles. The number of Topliss-reactive ketones (excluding diaryl/α,β-unsaturated/α-hetero) is 1. The summed E-state index contributed by atoms with van der Waals surface area (Å²) in [5.74, 6) is 0.559. The van der Waals surface area contributed by atoms with E-state index in [1.807, 2.05) is 46.8 Å². The Morgan fingerprint density at radius 3 is 2.56 bits per heavy atom. The number of hydrogen-bond donors (Lipinski definition) is 0. The van der Waals surface area contributed by atoms with E-state index in [1.54, 1.807) is 6.07 Å². The fraction of sp³-hybridized carbons (Fsp3) is 0.500. The Bertz CT molecular complexity index is 954. The van der Waals surface area contributed by atoms with Gasteiger partial charge in [0.2, 0.25) is 0 Å². The molecule has 1 aromatic carbocycles. The fourth-order valence-corrected chi connectivity index (χ4v) is 3.92. The predicted molar refractivity (Wildman–Crippen MR) is 93.2 cm³/mol. The van der Waals surface area contributed by atoms with E-state index in [-0.39, 0.29) is 18.3 Å². The van der Waals surface area contributed by atoms with Gasteiger partial charge < -0.3 is 13.9 Å². The first-order valence-corrected chi connectivity index (χ1v) is 8.59. The van der Waals surface area contributed by atoms with Crippen molar-refractivity contribution < 1.29 is 18.7 Å². The molecule has 132 valence electrons. The Labute approximate surface area is 145 Å². The molecule has 3 heterocycles. The molecule has 0 amide bonds. The largest absolute Gasteiger partial charge is 0.488 e. The van der Waals surface area contributed by atoms with E-state index in [0.29, 0.717) is 16.9 Å². The molecule has 2 aromatic rings. The van der Waals surface area contributed by atoms with E-state index in [1.165, 1.54) is 0 Å². The quantitative estimate of drug-likeness (QED) is 0.632. The molecule has 1 fully saturated rings. The van der Waals surface area contributed by atoms with Crippen molar-refractivity contribution in [1.29, 1.82) is 0 Å². The van der Waals surface area contributed by atoms with Gasteiger partial charge in [-0.25, -0.2) is 4.79 Å². The van der Waals surface area contributed by atoms with E-state index in [2.05, 4.69) is 0 Å². The molecule has 0 N–H and O–H groups in total. The molecule has 3 atom stereocenters. The lowest BCUT2D eigenvalue weighted by atomic mass is 9.75. The summed E-state index contributed by atoms with van der Waals surface area (Å²) in [6, 6.07) is 5.57. The third kappa shape index (κ3) is 2.25. The minimum absolute atomic E-state index is 0.0000746. The van der Waals surface area contributed by atoms with E-state index in [0.717, 1.165) is 10.9 Å². The van der Waals surface area contributed by atoms with Crippen LogP contribution in [-0.2, 0) is 14.9 Å². The van der Waals surface area contributed by atoms with Gasteiger partial charge in [0, 0.05) is 11.8 Å². The minimum atomic E-state index is -0.731. The number of ether oxygens (including phenoxy) is 2. The molecule has 5 heteroatoms. The molecule has 0 spiro atoms. The van der Waals surface area contributed by atoms with Crippen molar-refractivity contribution in [2.45, 2.75) is 64.3 Å². The summed E-state index contributed by atoms with van der Waals surface area (Å²) in [6.07, 6.45) is -0.520. The first-order valence-electron chi connectivity index (χ1n) is 8.59. The molecular weight excluding hydrogens is 320 g/mol. The number of benzene rings is 1. The maximum atomic E-state index is 12.7. The van der Waals surface area contributed by atoms with Crippen LogP contribution in [0.15, 0.2) is 27.4 Å². The highest BCUT2D eigenvalue weighted by Crippen LogP contribution is 2.49. The Balaban J connectivity index is 1.84. The summed E-state index contributed by atoms with van der Waals surface area (Å²) < 4.78 is 17.1. The number of carbonyl (C=O) groups is 1. The normalized spacial score (nSPS) is 29.3. The molecule has 0 radical (unpaired) electrons. The van der Waals surface area contributed by atoms with Gasteiger partial charge in [-0.2, -0.15) is 0 Å². The minimum Gasteiger partial charge on any atom is -0.488 e. The lowest BCUT2D eigenvalue weighted by molar-refractivity contribution is -0.122. The molecule has 25 heavy (non-hydrogen) atoms. The monoisotopic (exact) mass is 342 g/mol. The summed E-state index contributed by atoms with van der Waals surface area (Å²) in [5.41, 5.74) is 0.386. The van der Waals surface area contributed by atoms with E-state index in [4.69, 9.17) is 13.9 Å². The Morgan fingerprint density at radius 1 is 1.24 bits per heavy atom. The van der Waals surface area contributed by atoms with Crippen molar-refractivity contribution in [3.05, 3.63) is 39.7 Å². The summed E-state index contributed by atoms with van der Waals surface area (Å²) >= 11 is 0. The zero-order valence-electron chi connectivity index (χ0n) is 15.1. The van der Waals surface area contributed by atoms with Crippen LogP contribution in [0, 0.1) is 6.92 Å². The molecule has 2 aliphatic heterocycles. The van der Waals surface area contributed by atoms with Crippen molar-refractivity contribution in [3.63, 3.8) is 0 Å². The second-order valence-electron chi connectivity index (χ2n) is 7.96. The molecule has 5 nitrogen and oxygen atoms in total. The van der Waals surface area contributed by atoms with E-state index >= 15 is 0 Å². The van der Waals surface area contributed by atoms with Crippen LogP contribution in [-0.4, -0.2) is 23.6 Å². The van der Waals surface area contributed by atoms with Gasteiger partial charge in [0.15, 0.2) is 5.78 Å². The predicted octanol–water partition coefficient (Wildman–Crippen LogP) is 3.28. The van der Waals surface area contributed by atoms with Crippen molar-refractivity contribution in [3.8, 4) is 5.75 Å². The number of hydrogen-bond acceptors (Lipinski definition) is 5. The third-order valence-electron chi connectivity index (χ3n) is 5.69. The van der Waals surface area contributed by atoms with Crippen LogP contribution in [0.5, 0.6) is 5.75 Å². The highest BCUT2D eigenvalue weighted by Gasteiger charge is 2.56. The van der Waals surface area contributed by atoms with Crippen LogP contribution < -0.4 is 10.4 Å².